The van der Waals surface area contributed by atoms with E-state index in [1.54, 1.807) is 0 Å². The Kier molecular flexibility index (Phi) is 0.973. The average molecular weight is 117 g/mol. The second-order valence-corrected chi connectivity index (χ2v) is 2.14. The number of aliphatic hydroxyl groups is 1. The minimum Gasteiger partial charge on any atom is -0.389 e. The van der Waals surface area contributed by atoms with E-state index in [0.29, 0.717) is 12.8 Å². The molecule has 1 fully saturated rings. The molecule has 0 saturated heterocycles. The fourth-order valence-corrected chi connectivity index (χ4v) is 0.543. The van der Waals surface area contributed by atoms with Crippen LogP contribution in [0.5, 0.6) is 0 Å². The summed E-state index contributed by atoms with van der Waals surface area (Å²) in [5, 5.41) is 18.3. The highest BCUT2D eigenvalue weighted by Gasteiger charge is 2.55. The molecule has 0 heterocycles. The van der Waals surface area contributed by atoms with Crippen LogP contribution >= 0.6 is 0 Å². The highest BCUT2D eigenvalue weighted by Crippen LogP contribution is 2.37. The maximum absolute atomic E-state index is 9.96. The van der Waals surface area contributed by atoms with Crippen molar-refractivity contribution in [1.29, 1.82) is 0 Å². The Bertz CT molecular complexity index is 118. The Balaban J connectivity index is 2.53. The first-order chi connectivity index (χ1) is 3.71. The molecule has 1 N–H and O–H groups in total. The SMILES string of the molecule is O=[N+]([O-])C1(CO)CC1. The van der Waals surface area contributed by atoms with Gasteiger partial charge in [-0.2, -0.15) is 0 Å². The van der Waals surface area contributed by atoms with Crippen LogP contribution in [-0.2, 0) is 0 Å². The van der Waals surface area contributed by atoms with Gasteiger partial charge < -0.3 is 5.11 Å². The van der Waals surface area contributed by atoms with Crippen LogP contribution in [0.4, 0.5) is 0 Å². The zero-order valence-electron chi connectivity index (χ0n) is 4.33. The van der Waals surface area contributed by atoms with Crippen molar-refractivity contribution < 1.29 is 10.0 Å². The van der Waals surface area contributed by atoms with Crippen LogP contribution in [0, 0.1) is 10.1 Å². The molecule has 1 aliphatic rings. The Morgan fingerprint density at radius 3 is 2.25 bits per heavy atom. The second kappa shape index (κ2) is 1.42. The number of nitrogens with zero attached hydrogens (tertiary/aromatic N) is 1. The van der Waals surface area contributed by atoms with Gasteiger partial charge in [-0.05, 0) is 0 Å². The molecule has 0 radical (unpaired) electrons. The average Bonchev–Trinajstić information content (AvgIpc) is 2.44. The zero-order valence-corrected chi connectivity index (χ0v) is 4.33. The molecule has 4 nitrogen and oxygen atoms in total. The van der Waals surface area contributed by atoms with Gasteiger partial charge in [0.25, 0.3) is 0 Å². The van der Waals surface area contributed by atoms with E-state index in [1.165, 1.54) is 0 Å². The van der Waals surface area contributed by atoms with E-state index in [1.807, 2.05) is 0 Å². The molecule has 1 saturated carbocycles. The lowest BCUT2D eigenvalue weighted by atomic mass is 10.3. The molecule has 0 aromatic heterocycles. The van der Waals surface area contributed by atoms with E-state index < -0.39 is 10.5 Å². The van der Waals surface area contributed by atoms with Gasteiger partial charge >= 0.3 is 0 Å². The summed E-state index contributed by atoms with van der Waals surface area (Å²) in [6, 6.07) is 0. The van der Waals surface area contributed by atoms with Gasteiger partial charge in [-0.3, -0.25) is 10.1 Å². The Hall–Kier alpha value is -0.640. The van der Waals surface area contributed by atoms with Gasteiger partial charge in [0.15, 0.2) is 0 Å². The standard InChI is InChI=1S/C4H7NO3/c6-3-4(1-2-4)5(7)8/h6H,1-3H2. The normalized spacial score (nSPS) is 22.6. The quantitative estimate of drug-likeness (QED) is 0.402. The van der Waals surface area contributed by atoms with Gasteiger partial charge in [-0.25, -0.2) is 0 Å². The topological polar surface area (TPSA) is 63.4 Å². The molecule has 1 rings (SSSR count). The van der Waals surface area contributed by atoms with Gasteiger partial charge in [-0.1, -0.05) is 0 Å². The lowest BCUT2D eigenvalue weighted by molar-refractivity contribution is -0.541. The van der Waals surface area contributed by atoms with E-state index >= 15 is 0 Å². The van der Waals surface area contributed by atoms with Crippen molar-refractivity contribution in [3.8, 4) is 0 Å². The Labute approximate surface area is 46.3 Å². The molecule has 8 heavy (non-hydrogen) atoms. The first kappa shape index (κ1) is 5.50. The van der Waals surface area contributed by atoms with Gasteiger partial charge in [0, 0.05) is 17.8 Å². The van der Waals surface area contributed by atoms with Crippen molar-refractivity contribution in [3.63, 3.8) is 0 Å². The number of nitro groups is 1. The third-order valence-electron chi connectivity index (χ3n) is 1.51. The van der Waals surface area contributed by atoms with Gasteiger partial charge in [0.1, 0.15) is 6.61 Å². The van der Waals surface area contributed by atoms with Crippen molar-refractivity contribution in [2.45, 2.75) is 18.4 Å². The fourth-order valence-electron chi connectivity index (χ4n) is 0.543. The predicted octanol–water partition coefficient (Wildman–Crippen LogP) is -0.212. The molecule has 0 unspecified atom stereocenters. The number of hydrogen-bond donors (Lipinski definition) is 1. The first-order valence-corrected chi connectivity index (χ1v) is 2.47. The minimum absolute atomic E-state index is 0.306. The minimum atomic E-state index is -0.931. The van der Waals surface area contributed by atoms with E-state index in [9.17, 15) is 10.1 Å². The van der Waals surface area contributed by atoms with Crippen LogP contribution in [-0.4, -0.2) is 22.2 Å². The van der Waals surface area contributed by atoms with Gasteiger partial charge in [0.2, 0.25) is 5.54 Å². The summed E-state index contributed by atoms with van der Waals surface area (Å²) in [5.41, 5.74) is -0.931. The summed E-state index contributed by atoms with van der Waals surface area (Å²) in [4.78, 5) is 9.56. The lowest BCUT2D eigenvalue weighted by Gasteiger charge is -1.98. The van der Waals surface area contributed by atoms with Crippen molar-refractivity contribution >= 4 is 0 Å². The van der Waals surface area contributed by atoms with Gasteiger partial charge in [0.05, 0.1) is 0 Å². The number of aliphatic hydroxyl groups excluding tert-OH is 1. The van der Waals surface area contributed by atoms with Crippen LogP contribution in [0.1, 0.15) is 12.8 Å². The summed E-state index contributed by atoms with van der Waals surface area (Å²) in [6.07, 6.45) is 1.08. The molecule has 46 valence electrons. The summed E-state index contributed by atoms with van der Waals surface area (Å²) in [5.74, 6) is 0. The molecule has 0 aromatic rings. The third-order valence-corrected chi connectivity index (χ3v) is 1.51. The maximum atomic E-state index is 9.96. The Morgan fingerprint density at radius 2 is 2.25 bits per heavy atom. The molecule has 0 atom stereocenters. The molecular formula is C4H7NO3. The molecule has 1 aliphatic carbocycles. The molecular weight excluding hydrogens is 110 g/mol. The van der Waals surface area contributed by atoms with Gasteiger partial charge in [-0.15, -0.1) is 0 Å². The lowest BCUT2D eigenvalue weighted by Crippen LogP contribution is -2.25. The van der Waals surface area contributed by atoms with Crippen molar-refractivity contribution in [3.05, 3.63) is 10.1 Å². The maximum Gasteiger partial charge on any atom is 0.245 e. The fraction of sp³-hybridized carbons (Fsp3) is 1.00. The van der Waals surface area contributed by atoms with Crippen molar-refractivity contribution in [2.24, 2.45) is 0 Å². The highest BCUT2D eigenvalue weighted by molar-refractivity contribution is 4.93. The van der Waals surface area contributed by atoms with Crippen LogP contribution in [0.2, 0.25) is 0 Å². The molecule has 0 aromatic carbocycles. The summed E-state index contributed by atoms with van der Waals surface area (Å²) in [6.45, 7) is -0.306. The van der Waals surface area contributed by atoms with E-state index in [0.717, 1.165) is 0 Å². The van der Waals surface area contributed by atoms with Crippen LogP contribution in [0.3, 0.4) is 0 Å². The monoisotopic (exact) mass is 117 g/mol. The highest BCUT2D eigenvalue weighted by atomic mass is 16.6. The van der Waals surface area contributed by atoms with Crippen LogP contribution < -0.4 is 0 Å². The largest absolute Gasteiger partial charge is 0.389 e. The molecule has 0 amide bonds. The van der Waals surface area contributed by atoms with Crippen molar-refractivity contribution in [1.82, 2.24) is 0 Å². The second-order valence-electron chi connectivity index (χ2n) is 2.14. The number of hydrogen-bond acceptors (Lipinski definition) is 3. The van der Waals surface area contributed by atoms with E-state index in [4.69, 9.17) is 5.11 Å². The molecule has 0 spiro atoms. The van der Waals surface area contributed by atoms with Crippen LogP contribution in [0.25, 0.3) is 0 Å². The summed E-state index contributed by atoms with van der Waals surface area (Å²) >= 11 is 0. The van der Waals surface area contributed by atoms with Crippen molar-refractivity contribution in [2.75, 3.05) is 6.61 Å². The smallest absolute Gasteiger partial charge is 0.245 e. The third kappa shape index (κ3) is 0.571. The van der Waals surface area contributed by atoms with E-state index in [2.05, 4.69) is 0 Å². The van der Waals surface area contributed by atoms with Crippen LogP contribution in [0.15, 0.2) is 0 Å². The Morgan fingerprint density at radius 1 is 1.75 bits per heavy atom. The molecule has 0 bridgehead atoms. The molecule has 4 heteroatoms. The summed E-state index contributed by atoms with van der Waals surface area (Å²) < 4.78 is 0. The predicted molar refractivity (Wildman–Crippen MR) is 26.0 cm³/mol. The summed E-state index contributed by atoms with van der Waals surface area (Å²) in [7, 11) is 0. The number of rotatable bonds is 2. The van der Waals surface area contributed by atoms with E-state index in [-0.39, 0.29) is 6.61 Å². The molecule has 0 aliphatic heterocycles. The zero-order chi connectivity index (χ0) is 6.20. The first-order valence-electron chi connectivity index (χ1n) is 2.47.